The van der Waals surface area contributed by atoms with Gasteiger partial charge in [0.2, 0.25) is 0 Å². The second-order valence-electron chi connectivity index (χ2n) is 5.68. The molecule has 3 nitrogen and oxygen atoms in total. The van der Waals surface area contributed by atoms with Crippen molar-refractivity contribution in [3.05, 3.63) is 53.5 Å². The van der Waals surface area contributed by atoms with E-state index in [0.29, 0.717) is 0 Å². The van der Waals surface area contributed by atoms with Crippen molar-refractivity contribution >= 4 is 0 Å². The molecule has 0 saturated heterocycles. The summed E-state index contributed by atoms with van der Waals surface area (Å²) in [5.74, 6) is 1.01. The van der Waals surface area contributed by atoms with Gasteiger partial charge in [0.05, 0.1) is 18.6 Å². The second kappa shape index (κ2) is 4.42. The normalized spacial score (nSPS) is 17.8. The molecule has 2 heterocycles. The highest BCUT2D eigenvalue weighted by atomic mass is 16.5. The number of furan rings is 1. The molecule has 3 rings (SSSR count). The number of benzene rings is 1. The van der Waals surface area contributed by atoms with Crippen LogP contribution in [-0.4, -0.2) is 12.6 Å². The van der Waals surface area contributed by atoms with Crippen LogP contribution < -0.4 is 10.1 Å². The van der Waals surface area contributed by atoms with E-state index in [1.165, 1.54) is 11.1 Å². The molecule has 0 spiro atoms. The predicted molar refractivity (Wildman–Crippen MR) is 74.5 cm³/mol. The van der Waals surface area contributed by atoms with Crippen molar-refractivity contribution in [2.45, 2.75) is 31.9 Å². The smallest absolute Gasteiger partial charge is 0.123 e. The Morgan fingerprint density at radius 3 is 2.74 bits per heavy atom. The van der Waals surface area contributed by atoms with Crippen LogP contribution in [0.3, 0.4) is 0 Å². The lowest BCUT2D eigenvalue weighted by Gasteiger charge is -2.16. The fourth-order valence-corrected chi connectivity index (χ4v) is 2.77. The summed E-state index contributed by atoms with van der Waals surface area (Å²) < 4.78 is 11.1. The summed E-state index contributed by atoms with van der Waals surface area (Å²) in [5, 5.41) is 3.33. The fourth-order valence-electron chi connectivity index (χ4n) is 2.77. The van der Waals surface area contributed by atoms with Crippen molar-refractivity contribution in [3.8, 4) is 5.75 Å². The molecule has 0 saturated carbocycles. The third kappa shape index (κ3) is 2.26. The SMILES string of the molecule is CNC(c1ccoc1)c1ccc2c(c1)CC(C)(C)O2. The molecular weight excluding hydrogens is 238 g/mol. The van der Waals surface area contributed by atoms with Gasteiger partial charge >= 0.3 is 0 Å². The van der Waals surface area contributed by atoms with Gasteiger partial charge < -0.3 is 14.5 Å². The van der Waals surface area contributed by atoms with Crippen LogP contribution in [0, 0.1) is 0 Å². The van der Waals surface area contributed by atoms with E-state index < -0.39 is 0 Å². The van der Waals surface area contributed by atoms with E-state index in [1.807, 2.05) is 13.1 Å². The number of ether oxygens (including phenoxy) is 1. The third-order valence-corrected chi connectivity index (χ3v) is 3.59. The first-order chi connectivity index (χ1) is 9.09. The molecule has 1 aromatic carbocycles. The highest BCUT2D eigenvalue weighted by Crippen LogP contribution is 2.37. The highest BCUT2D eigenvalue weighted by molar-refractivity contribution is 5.44. The first kappa shape index (κ1) is 12.3. The maximum Gasteiger partial charge on any atom is 0.123 e. The first-order valence-corrected chi connectivity index (χ1v) is 6.60. The van der Waals surface area contributed by atoms with Crippen molar-refractivity contribution in [1.29, 1.82) is 0 Å². The van der Waals surface area contributed by atoms with Crippen molar-refractivity contribution < 1.29 is 9.15 Å². The maximum absolute atomic E-state index is 5.91. The topological polar surface area (TPSA) is 34.4 Å². The van der Waals surface area contributed by atoms with Gasteiger partial charge in [0.15, 0.2) is 0 Å². The first-order valence-electron chi connectivity index (χ1n) is 6.60. The van der Waals surface area contributed by atoms with Crippen molar-refractivity contribution in [1.82, 2.24) is 5.32 Å². The molecule has 0 amide bonds. The number of hydrogen-bond donors (Lipinski definition) is 1. The van der Waals surface area contributed by atoms with Crippen LogP contribution in [0.4, 0.5) is 0 Å². The van der Waals surface area contributed by atoms with Gasteiger partial charge in [-0.3, -0.25) is 0 Å². The number of rotatable bonds is 3. The van der Waals surface area contributed by atoms with E-state index >= 15 is 0 Å². The van der Waals surface area contributed by atoms with E-state index in [4.69, 9.17) is 9.15 Å². The van der Waals surface area contributed by atoms with E-state index in [9.17, 15) is 0 Å². The molecule has 0 fully saturated rings. The summed E-state index contributed by atoms with van der Waals surface area (Å²) in [7, 11) is 1.96. The summed E-state index contributed by atoms with van der Waals surface area (Å²) in [6.45, 7) is 4.25. The molecule has 2 aromatic rings. The largest absolute Gasteiger partial charge is 0.487 e. The Balaban J connectivity index is 1.95. The average molecular weight is 257 g/mol. The molecule has 1 unspecified atom stereocenters. The number of hydrogen-bond acceptors (Lipinski definition) is 3. The molecule has 0 aliphatic carbocycles. The molecule has 1 atom stereocenters. The fraction of sp³-hybridized carbons (Fsp3) is 0.375. The van der Waals surface area contributed by atoms with Crippen LogP contribution in [-0.2, 0) is 6.42 Å². The van der Waals surface area contributed by atoms with Crippen molar-refractivity contribution in [3.63, 3.8) is 0 Å². The molecule has 0 bridgehead atoms. The Labute approximate surface area is 113 Å². The third-order valence-electron chi connectivity index (χ3n) is 3.59. The summed E-state index contributed by atoms with van der Waals surface area (Å²) in [5.41, 5.74) is 3.57. The molecule has 19 heavy (non-hydrogen) atoms. The lowest BCUT2D eigenvalue weighted by atomic mass is 9.96. The highest BCUT2D eigenvalue weighted by Gasteiger charge is 2.30. The van der Waals surface area contributed by atoms with Gasteiger partial charge in [0.25, 0.3) is 0 Å². The van der Waals surface area contributed by atoms with Gasteiger partial charge in [-0.25, -0.2) is 0 Å². The van der Waals surface area contributed by atoms with Gasteiger partial charge in [-0.15, -0.1) is 0 Å². The molecular formula is C16H19NO2. The van der Waals surface area contributed by atoms with E-state index in [-0.39, 0.29) is 11.6 Å². The summed E-state index contributed by atoms with van der Waals surface area (Å²) in [6, 6.07) is 8.58. The zero-order valence-corrected chi connectivity index (χ0v) is 11.6. The van der Waals surface area contributed by atoms with E-state index in [0.717, 1.165) is 17.7 Å². The second-order valence-corrected chi connectivity index (χ2v) is 5.68. The molecule has 1 aliphatic heterocycles. The molecule has 1 aromatic heterocycles. The monoisotopic (exact) mass is 257 g/mol. The average Bonchev–Trinajstić information content (AvgIpc) is 2.95. The summed E-state index contributed by atoms with van der Waals surface area (Å²) in [4.78, 5) is 0. The van der Waals surface area contributed by atoms with Gasteiger partial charge in [-0.2, -0.15) is 0 Å². The predicted octanol–water partition coefficient (Wildman–Crippen LogP) is 3.30. The molecule has 3 heteroatoms. The Bertz CT molecular complexity index is 572. The summed E-state index contributed by atoms with van der Waals surface area (Å²) in [6.07, 6.45) is 4.45. The van der Waals surface area contributed by atoms with Crippen LogP contribution >= 0.6 is 0 Å². The number of nitrogens with one attached hydrogen (secondary N) is 1. The van der Waals surface area contributed by atoms with Crippen LogP contribution in [0.5, 0.6) is 5.75 Å². The molecule has 1 N–H and O–H groups in total. The van der Waals surface area contributed by atoms with Gasteiger partial charge in [-0.1, -0.05) is 12.1 Å². The lowest BCUT2D eigenvalue weighted by molar-refractivity contribution is 0.138. The van der Waals surface area contributed by atoms with Crippen molar-refractivity contribution in [2.24, 2.45) is 0 Å². The Morgan fingerprint density at radius 1 is 1.21 bits per heavy atom. The van der Waals surface area contributed by atoms with E-state index in [1.54, 1.807) is 12.5 Å². The van der Waals surface area contributed by atoms with Gasteiger partial charge in [-0.05, 0) is 44.2 Å². The van der Waals surface area contributed by atoms with Crippen molar-refractivity contribution in [2.75, 3.05) is 7.05 Å². The van der Waals surface area contributed by atoms with Gasteiger partial charge in [0, 0.05) is 12.0 Å². The standard InChI is InChI=1S/C16H19NO2/c1-16(2)9-13-8-11(4-5-14(13)19-16)15(17-3)12-6-7-18-10-12/h4-8,10,15,17H,9H2,1-3H3. The quantitative estimate of drug-likeness (QED) is 0.916. The van der Waals surface area contributed by atoms with Crippen LogP contribution in [0.2, 0.25) is 0 Å². The van der Waals surface area contributed by atoms with Crippen LogP contribution in [0.1, 0.15) is 36.6 Å². The molecule has 1 aliphatic rings. The maximum atomic E-state index is 5.91. The minimum Gasteiger partial charge on any atom is -0.487 e. The minimum atomic E-state index is -0.0915. The summed E-state index contributed by atoms with van der Waals surface area (Å²) >= 11 is 0. The zero-order valence-electron chi connectivity index (χ0n) is 11.6. The minimum absolute atomic E-state index is 0.0915. The van der Waals surface area contributed by atoms with Crippen LogP contribution in [0.15, 0.2) is 41.2 Å². The Kier molecular flexibility index (Phi) is 2.86. The molecule has 100 valence electrons. The Morgan fingerprint density at radius 2 is 2.05 bits per heavy atom. The zero-order chi connectivity index (χ0) is 13.5. The number of fused-ring (bicyclic) bond motifs is 1. The van der Waals surface area contributed by atoms with Gasteiger partial charge in [0.1, 0.15) is 11.4 Å². The van der Waals surface area contributed by atoms with E-state index in [2.05, 4.69) is 37.4 Å². The molecule has 0 radical (unpaired) electrons. The Hall–Kier alpha value is -1.74. The van der Waals surface area contributed by atoms with Crippen LogP contribution in [0.25, 0.3) is 0 Å². The lowest BCUT2D eigenvalue weighted by Crippen LogP contribution is -2.24.